The molecule has 0 aliphatic carbocycles. The van der Waals surface area contributed by atoms with Gasteiger partial charge in [0, 0.05) is 36.5 Å². The summed E-state index contributed by atoms with van der Waals surface area (Å²) in [6.45, 7) is 2.74. The van der Waals surface area contributed by atoms with Gasteiger partial charge in [-0.1, -0.05) is 18.2 Å². The number of ether oxygens (including phenoxy) is 1. The third-order valence-electron chi connectivity index (χ3n) is 6.52. The molecule has 0 saturated carbocycles. The molecule has 2 aliphatic heterocycles. The van der Waals surface area contributed by atoms with Crippen molar-refractivity contribution in [3.8, 4) is 0 Å². The summed E-state index contributed by atoms with van der Waals surface area (Å²) >= 11 is 0. The van der Waals surface area contributed by atoms with Crippen molar-refractivity contribution in [3.63, 3.8) is 0 Å². The molecule has 1 unspecified atom stereocenters. The molecule has 3 aromatic rings. The van der Waals surface area contributed by atoms with Crippen molar-refractivity contribution in [2.24, 2.45) is 5.73 Å². The first-order chi connectivity index (χ1) is 16.1. The summed E-state index contributed by atoms with van der Waals surface area (Å²) in [6.07, 6.45) is 9.64. The minimum atomic E-state index is -0.324. The predicted molar refractivity (Wildman–Crippen MR) is 133 cm³/mol. The zero-order chi connectivity index (χ0) is 22.8. The van der Waals surface area contributed by atoms with Crippen LogP contribution in [0.2, 0.25) is 0 Å². The highest BCUT2D eigenvalue weighted by Gasteiger charge is 2.24. The smallest absolute Gasteiger partial charge is 0.221 e. The zero-order valence-corrected chi connectivity index (χ0v) is 18.9. The minimum Gasteiger partial charge on any atom is -0.399 e. The number of nitrogens with zero attached hydrogens (tertiary/aromatic N) is 3. The Morgan fingerprint density at radius 2 is 1.97 bits per heavy atom. The summed E-state index contributed by atoms with van der Waals surface area (Å²) in [5.74, 6) is -0.324. The molecule has 4 N–H and O–H groups in total. The Balaban J connectivity index is 1.64. The van der Waals surface area contributed by atoms with Crippen molar-refractivity contribution < 1.29 is 9.53 Å². The molecule has 1 amide bonds. The van der Waals surface area contributed by atoms with Crippen LogP contribution in [0, 0.1) is 0 Å². The Labute approximate surface area is 194 Å². The number of amides is 1. The zero-order valence-electron chi connectivity index (χ0n) is 18.9. The highest BCUT2D eigenvalue weighted by Crippen LogP contribution is 2.35. The van der Waals surface area contributed by atoms with Crippen LogP contribution >= 0.6 is 0 Å². The van der Waals surface area contributed by atoms with Gasteiger partial charge in [0.25, 0.3) is 0 Å². The monoisotopic (exact) mass is 445 g/mol. The van der Waals surface area contributed by atoms with Gasteiger partial charge in [-0.05, 0) is 73.6 Å². The molecular weight excluding hydrogens is 414 g/mol. The van der Waals surface area contributed by atoms with Gasteiger partial charge in [-0.25, -0.2) is 4.68 Å². The maximum atomic E-state index is 11.9. The van der Waals surface area contributed by atoms with E-state index in [1.807, 2.05) is 41.1 Å². The van der Waals surface area contributed by atoms with Crippen molar-refractivity contribution in [3.05, 3.63) is 53.2 Å². The molecular formula is C26H31N5O2. The van der Waals surface area contributed by atoms with Crippen LogP contribution in [-0.4, -0.2) is 35.4 Å². The lowest BCUT2D eigenvalue weighted by molar-refractivity contribution is -0.117. The van der Waals surface area contributed by atoms with Crippen LogP contribution in [0.15, 0.2) is 36.4 Å². The Morgan fingerprint density at radius 3 is 2.70 bits per heavy atom. The van der Waals surface area contributed by atoms with Crippen LogP contribution in [0.1, 0.15) is 55.2 Å². The summed E-state index contributed by atoms with van der Waals surface area (Å²) in [4.78, 5) is 14.2. The SMILES string of the molecule is NC(=O)Cc1cc2c(C=Cc3cccc(N)c3)nn(C3CCCCO3)c2cc1N1CCCC1. The lowest BCUT2D eigenvalue weighted by Crippen LogP contribution is -2.22. The first-order valence-corrected chi connectivity index (χ1v) is 11.8. The van der Waals surface area contributed by atoms with Gasteiger partial charge < -0.3 is 21.1 Å². The molecule has 0 bridgehead atoms. The molecule has 5 rings (SSSR count). The standard InChI is InChI=1S/C26H31N5O2/c27-20-7-5-6-18(14-20)9-10-22-21-15-19(16-25(28)32)23(30-11-2-3-12-30)17-24(21)31(29-22)26-8-1-4-13-33-26/h5-7,9-10,14-15,17,26H,1-4,8,11-13,16,27H2,(H2,28,32). The van der Waals surface area contributed by atoms with E-state index >= 15 is 0 Å². The molecule has 2 fully saturated rings. The normalized spacial score (nSPS) is 19.0. The highest BCUT2D eigenvalue weighted by molar-refractivity contribution is 5.94. The first-order valence-electron chi connectivity index (χ1n) is 11.8. The summed E-state index contributed by atoms with van der Waals surface area (Å²) < 4.78 is 8.13. The van der Waals surface area contributed by atoms with Gasteiger partial charge in [0.2, 0.25) is 5.91 Å². The Kier molecular flexibility index (Phi) is 6.05. The van der Waals surface area contributed by atoms with Crippen LogP contribution in [-0.2, 0) is 16.0 Å². The summed E-state index contributed by atoms with van der Waals surface area (Å²) in [6, 6.07) is 12.0. The van der Waals surface area contributed by atoms with Gasteiger partial charge >= 0.3 is 0 Å². The van der Waals surface area contributed by atoms with Gasteiger partial charge in [-0.15, -0.1) is 0 Å². The molecule has 2 aromatic carbocycles. The number of rotatable bonds is 6. The van der Waals surface area contributed by atoms with E-state index in [2.05, 4.69) is 17.0 Å². The molecule has 0 radical (unpaired) electrons. The average Bonchev–Trinajstić information content (AvgIpc) is 3.46. The largest absolute Gasteiger partial charge is 0.399 e. The third-order valence-corrected chi connectivity index (χ3v) is 6.52. The molecule has 3 heterocycles. The molecule has 172 valence electrons. The van der Waals surface area contributed by atoms with E-state index in [9.17, 15) is 4.79 Å². The van der Waals surface area contributed by atoms with Crippen LogP contribution in [0.25, 0.3) is 23.1 Å². The Hall–Kier alpha value is -3.32. The Bertz CT molecular complexity index is 1190. The molecule has 1 aromatic heterocycles. The van der Waals surface area contributed by atoms with E-state index in [0.29, 0.717) is 0 Å². The lowest BCUT2D eigenvalue weighted by Gasteiger charge is -2.25. The van der Waals surface area contributed by atoms with Gasteiger partial charge in [-0.3, -0.25) is 4.79 Å². The van der Waals surface area contributed by atoms with Crippen LogP contribution in [0.4, 0.5) is 11.4 Å². The molecule has 7 heteroatoms. The number of fused-ring (bicyclic) bond motifs is 1. The predicted octanol–water partition coefficient (Wildman–Crippen LogP) is 4.12. The second kappa shape index (κ2) is 9.27. The maximum Gasteiger partial charge on any atom is 0.221 e. The van der Waals surface area contributed by atoms with E-state index in [1.165, 1.54) is 0 Å². The number of hydrogen-bond acceptors (Lipinski definition) is 5. The summed E-state index contributed by atoms with van der Waals surface area (Å²) in [7, 11) is 0. The molecule has 33 heavy (non-hydrogen) atoms. The number of aromatic nitrogens is 2. The molecule has 2 saturated heterocycles. The van der Waals surface area contributed by atoms with Crippen molar-refractivity contribution >= 4 is 40.3 Å². The highest BCUT2D eigenvalue weighted by atomic mass is 16.5. The van der Waals surface area contributed by atoms with E-state index in [1.54, 1.807) is 0 Å². The van der Waals surface area contributed by atoms with Gasteiger partial charge in [-0.2, -0.15) is 5.10 Å². The summed E-state index contributed by atoms with van der Waals surface area (Å²) in [5.41, 5.74) is 17.2. The van der Waals surface area contributed by atoms with Crippen LogP contribution < -0.4 is 16.4 Å². The third kappa shape index (κ3) is 4.59. The second-order valence-electron chi connectivity index (χ2n) is 8.99. The number of primary amides is 1. The van der Waals surface area contributed by atoms with E-state index in [0.717, 1.165) is 90.9 Å². The fourth-order valence-electron chi connectivity index (χ4n) is 4.92. The van der Waals surface area contributed by atoms with Gasteiger partial charge in [0.15, 0.2) is 6.23 Å². The number of carbonyl (C=O) groups is 1. The van der Waals surface area contributed by atoms with E-state index in [4.69, 9.17) is 21.3 Å². The van der Waals surface area contributed by atoms with Crippen LogP contribution in [0.3, 0.4) is 0 Å². The van der Waals surface area contributed by atoms with E-state index < -0.39 is 0 Å². The van der Waals surface area contributed by atoms with E-state index in [-0.39, 0.29) is 18.6 Å². The lowest BCUT2D eigenvalue weighted by atomic mass is 10.0. The number of nitrogens with two attached hydrogens (primary N) is 2. The fraction of sp³-hybridized carbons (Fsp3) is 0.385. The number of benzene rings is 2. The quantitative estimate of drug-likeness (QED) is 0.556. The maximum absolute atomic E-state index is 11.9. The van der Waals surface area contributed by atoms with Gasteiger partial charge in [0.05, 0.1) is 17.6 Å². The molecule has 0 spiro atoms. The number of hydrogen-bond donors (Lipinski definition) is 2. The van der Waals surface area contributed by atoms with Gasteiger partial charge in [0.1, 0.15) is 0 Å². The summed E-state index contributed by atoms with van der Waals surface area (Å²) in [5, 5.41) is 5.98. The number of anilines is 2. The molecule has 1 atom stereocenters. The Morgan fingerprint density at radius 1 is 1.12 bits per heavy atom. The van der Waals surface area contributed by atoms with Crippen molar-refractivity contribution in [1.82, 2.24) is 9.78 Å². The fourth-order valence-corrected chi connectivity index (χ4v) is 4.92. The average molecular weight is 446 g/mol. The molecule has 2 aliphatic rings. The molecule has 7 nitrogen and oxygen atoms in total. The number of nitrogen functional groups attached to an aromatic ring is 1. The first kappa shape index (κ1) is 21.5. The van der Waals surface area contributed by atoms with Crippen molar-refractivity contribution in [2.45, 2.75) is 44.8 Å². The number of carbonyl (C=O) groups excluding carboxylic acids is 1. The topological polar surface area (TPSA) is 99.4 Å². The van der Waals surface area contributed by atoms with Crippen molar-refractivity contribution in [2.75, 3.05) is 30.3 Å². The second-order valence-corrected chi connectivity index (χ2v) is 8.99. The van der Waals surface area contributed by atoms with Crippen LogP contribution in [0.5, 0.6) is 0 Å². The minimum absolute atomic E-state index is 0.0795. The van der Waals surface area contributed by atoms with Crippen molar-refractivity contribution in [1.29, 1.82) is 0 Å².